The third kappa shape index (κ3) is 4.63. The van der Waals surface area contributed by atoms with Crippen LogP contribution in [0.1, 0.15) is 5.69 Å². The van der Waals surface area contributed by atoms with Crippen molar-refractivity contribution in [2.24, 2.45) is 7.05 Å². The number of anilines is 1. The van der Waals surface area contributed by atoms with Crippen LogP contribution in [-0.4, -0.2) is 51.4 Å². The zero-order valence-corrected chi connectivity index (χ0v) is 12.1. The van der Waals surface area contributed by atoms with Crippen LogP contribution in [0.4, 0.5) is 5.95 Å². The predicted molar refractivity (Wildman–Crippen MR) is 72.1 cm³/mol. The number of nitrogens with zero attached hydrogens (tertiary/aromatic N) is 3. The monoisotopic (exact) mass is 275 g/mol. The van der Waals surface area contributed by atoms with E-state index in [0.717, 1.165) is 17.9 Å². The summed E-state index contributed by atoms with van der Waals surface area (Å²) in [6.45, 7) is 1.62. The second-order valence-corrected chi connectivity index (χ2v) is 6.18. The first-order valence-electron chi connectivity index (χ1n) is 5.64. The van der Waals surface area contributed by atoms with E-state index in [0.29, 0.717) is 19.6 Å². The van der Waals surface area contributed by atoms with E-state index in [4.69, 9.17) is 0 Å². The molecule has 8 heteroatoms. The molecule has 0 bridgehead atoms. The van der Waals surface area contributed by atoms with Gasteiger partial charge in [0.25, 0.3) is 0 Å². The summed E-state index contributed by atoms with van der Waals surface area (Å²) in [6.07, 6.45) is 2.96. The highest BCUT2D eigenvalue weighted by Crippen LogP contribution is 2.10. The van der Waals surface area contributed by atoms with Crippen molar-refractivity contribution in [3.8, 4) is 0 Å². The molecule has 1 aromatic rings. The van der Waals surface area contributed by atoms with Gasteiger partial charge < -0.3 is 14.8 Å². The summed E-state index contributed by atoms with van der Waals surface area (Å²) < 4.78 is 26.1. The molecule has 1 aromatic heterocycles. The van der Waals surface area contributed by atoms with Crippen LogP contribution < -0.4 is 14.9 Å². The van der Waals surface area contributed by atoms with Crippen molar-refractivity contribution in [2.45, 2.75) is 6.54 Å². The third-order valence-corrected chi connectivity index (χ3v) is 3.16. The number of imidazole rings is 1. The Hall–Kier alpha value is -1.12. The quantitative estimate of drug-likeness (QED) is 0.632. The molecule has 0 radical (unpaired) electrons. The molecule has 1 heterocycles. The number of sulfonamides is 1. The molecule has 0 aliphatic heterocycles. The summed E-state index contributed by atoms with van der Waals surface area (Å²) in [5, 5.41) is 3.16. The Labute approximate surface area is 108 Å². The van der Waals surface area contributed by atoms with Gasteiger partial charge in [-0.2, -0.15) is 0 Å². The maximum absolute atomic E-state index is 10.8. The maximum atomic E-state index is 10.8. The molecule has 0 spiro atoms. The van der Waals surface area contributed by atoms with Crippen molar-refractivity contribution in [3.05, 3.63) is 11.9 Å². The van der Waals surface area contributed by atoms with E-state index in [2.05, 4.69) is 15.0 Å². The van der Waals surface area contributed by atoms with Gasteiger partial charge in [-0.1, -0.05) is 0 Å². The van der Waals surface area contributed by atoms with Gasteiger partial charge in [0.15, 0.2) is 0 Å². The maximum Gasteiger partial charge on any atom is 0.208 e. The van der Waals surface area contributed by atoms with Gasteiger partial charge in [-0.05, 0) is 0 Å². The van der Waals surface area contributed by atoms with Crippen LogP contribution in [0.2, 0.25) is 0 Å². The summed E-state index contributed by atoms with van der Waals surface area (Å²) in [7, 11) is 2.73. The number of rotatable bonds is 7. The molecule has 0 saturated heterocycles. The predicted octanol–water partition coefficient (Wildman–Crippen LogP) is -0.875. The molecule has 2 N–H and O–H groups in total. The Morgan fingerprint density at radius 3 is 2.56 bits per heavy atom. The second-order valence-electron chi connectivity index (χ2n) is 4.35. The fraction of sp³-hybridized carbons (Fsp3) is 0.700. The highest BCUT2D eigenvalue weighted by atomic mass is 32.2. The summed E-state index contributed by atoms with van der Waals surface area (Å²) in [6, 6.07) is 0. The Balaban J connectivity index is 2.36. The van der Waals surface area contributed by atoms with Gasteiger partial charge in [-0.3, -0.25) is 0 Å². The number of hydrogen-bond acceptors (Lipinski definition) is 5. The van der Waals surface area contributed by atoms with Crippen LogP contribution in [0.25, 0.3) is 0 Å². The molecule has 0 fully saturated rings. The van der Waals surface area contributed by atoms with E-state index in [-0.39, 0.29) is 0 Å². The molecule has 0 aromatic carbocycles. The lowest BCUT2D eigenvalue weighted by molar-refractivity contribution is 0.579. The van der Waals surface area contributed by atoms with Crippen molar-refractivity contribution >= 4 is 16.0 Å². The molecule has 18 heavy (non-hydrogen) atoms. The van der Waals surface area contributed by atoms with E-state index in [1.54, 1.807) is 0 Å². The molecular weight excluding hydrogens is 254 g/mol. The molecule has 0 aliphatic rings. The third-order valence-electron chi connectivity index (χ3n) is 2.43. The van der Waals surface area contributed by atoms with Gasteiger partial charge in [0.1, 0.15) is 0 Å². The Morgan fingerprint density at radius 2 is 2.06 bits per heavy atom. The first-order chi connectivity index (χ1) is 8.31. The van der Waals surface area contributed by atoms with Crippen molar-refractivity contribution < 1.29 is 8.42 Å². The minimum atomic E-state index is -3.10. The molecule has 7 nitrogen and oxygen atoms in total. The lowest BCUT2D eigenvalue weighted by Crippen LogP contribution is -2.31. The molecule has 1 rings (SSSR count). The standard InChI is InChI=1S/C10H21N5O2S/c1-14(2)10-12-8-9(15(10)3)7-11-5-6-13-18(4,16)17/h8,11,13H,5-7H2,1-4H3. The van der Waals surface area contributed by atoms with Crippen LogP contribution in [0, 0.1) is 0 Å². The summed E-state index contributed by atoms with van der Waals surface area (Å²) in [5.74, 6) is 0.890. The zero-order chi connectivity index (χ0) is 13.8. The van der Waals surface area contributed by atoms with E-state index in [9.17, 15) is 8.42 Å². The number of hydrogen-bond donors (Lipinski definition) is 2. The van der Waals surface area contributed by atoms with Gasteiger partial charge in [-0.15, -0.1) is 0 Å². The molecule has 0 aliphatic carbocycles. The fourth-order valence-electron chi connectivity index (χ4n) is 1.55. The molecule has 0 atom stereocenters. The van der Waals surface area contributed by atoms with Crippen LogP contribution in [-0.2, 0) is 23.6 Å². The minimum absolute atomic E-state index is 0.386. The molecule has 0 unspecified atom stereocenters. The Bertz CT molecular complexity index is 480. The van der Waals surface area contributed by atoms with Gasteiger partial charge in [0.2, 0.25) is 16.0 Å². The SMILES string of the molecule is CN(C)c1ncc(CNCCNS(C)(=O)=O)n1C. The summed E-state index contributed by atoms with van der Waals surface area (Å²) in [5.41, 5.74) is 1.05. The first kappa shape index (κ1) is 14.9. The van der Waals surface area contributed by atoms with Crippen molar-refractivity contribution in [1.82, 2.24) is 19.6 Å². The summed E-state index contributed by atoms with van der Waals surface area (Å²) >= 11 is 0. The average molecular weight is 275 g/mol. The fourth-order valence-corrected chi connectivity index (χ4v) is 2.03. The minimum Gasteiger partial charge on any atom is -0.348 e. The molecule has 0 amide bonds. The smallest absolute Gasteiger partial charge is 0.208 e. The van der Waals surface area contributed by atoms with Crippen molar-refractivity contribution in [2.75, 3.05) is 38.3 Å². The lowest BCUT2D eigenvalue weighted by Gasteiger charge is -2.12. The lowest BCUT2D eigenvalue weighted by atomic mass is 10.4. The number of aromatic nitrogens is 2. The topological polar surface area (TPSA) is 79.3 Å². The van der Waals surface area contributed by atoms with E-state index in [1.807, 2.05) is 36.8 Å². The molecule has 104 valence electrons. The van der Waals surface area contributed by atoms with Crippen LogP contribution in [0.15, 0.2) is 6.20 Å². The van der Waals surface area contributed by atoms with E-state index < -0.39 is 10.0 Å². The van der Waals surface area contributed by atoms with Gasteiger partial charge in [0, 0.05) is 40.8 Å². The van der Waals surface area contributed by atoms with Crippen LogP contribution >= 0.6 is 0 Å². The number of nitrogens with one attached hydrogen (secondary N) is 2. The average Bonchev–Trinajstić information content (AvgIpc) is 2.58. The van der Waals surface area contributed by atoms with Gasteiger partial charge >= 0.3 is 0 Å². The normalized spacial score (nSPS) is 11.8. The van der Waals surface area contributed by atoms with Crippen LogP contribution in [0.3, 0.4) is 0 Å². The highest BCUT2D eigenvalue weighted by molar-refractivity contribution is 7.88. The zero-order valence-electron chi connectivity index (χ0n) is 11.3. The second kappa shape index (κ2) is 6.17. The largest absolute Gasteiger partial charge is 0.348 e. The highest BCUT2D eigenvalue weighted by Gasteiger charge is 2.07. The Kier molecular flexibility index (Phi) is 5.12. The van der Waals surface area contributed by atoms with E-state index in [1.165, 1.54) is 0 Å². The molecule has 0 saturated carbocycles. The van der Waals surface area contributed by atoms with Gasteiger partial charge in [-0.25, -0.2) is 18.1 Å². The first-order valence-corrected chi connectivity index (χ1v) is 7.53. The molecular formula is C10H21N5O2S. The van der Waals surface area contributed by atoms with Gasteiger partial charge in [0.05, 0.1) is 18.1 Å². The van der Waals surface area contributed by atoms with E-state index >= 15 is 0 Å². The Morgan fingerprint density at radius 1 is 1.39 bits per heavy atom. The summed E-state index contributed by atoms with van der Waals surface area (Å²) in [4.78, 5) is 6.23. The van der Waals surface area contributed by atoms with Crippen LogP contribution in [0.5, 0.6) is 0 Å². The van der Waals surface area contributed by atoms with Crippen molar-refractivity contribution in [1.29, 1.82) is 0 Å². The van der Waals surface area contributed by atoms with Crippen molar-refractivity contribution in [3.63, 3.8) is 0 Å².